The normalized spacial score (nSPS) is 20.1. The lowest BCUT2D eigenvalue weighted by molar-refractivity contribution is -0.124. The number of hydrogen-bond acceptors (Lipinski definition) is 3. The van der Waals surface area contributed by atoms with Crippen LogP contribution in [0.4, 0.5) is 0 Å². The van der Waals surface area contributed by atoms with Crippen LogP contribution in [0.2, 0.25) is 0 Å². The van der Waals surface area contributed by atoms with E-state index < -0.39 is 0 Å². The highest BCUT2D eigenvalue weighted by atomic mass is 16.2. The number of carbonyl (C=O) groups is 2. The van der Waals surface area contributed by atoms with Crippen molar-refractivity contribution in [2.45, 2.75) is 70.5 Å². The van der Waals surface area contributed by atoms with Crippen LogP contribution in [0, 0.1) is 0 Å². The Morgan fingerprint density at radius 2 is 1.83 bits per heavy atom. The average Bonchev–Trinajstić information content (AvgIpc) is 2.28. The van der Waals surface area contributed by atoms with Crippen molar-refractivity contribution in [3.8, 4) is 0 Å². The fraction of sp³-hybridized carbons (Fsp3) is 0.846. The highest BCUT2D eigenvalue weighted by Crippen LogP contribution is 2.17. The van der Waals surface area contributed by atoms with Crippen molar-refractivity contribution in [3.05, 3.63) is 0 Å². The summed E-state index contributed by atoms with van der Waals surface area (Å²) in [7, 11) is 0. The molecule has 5 nitrogen and oxygen atoms in total. The molecule has 0 bridgehead atoms. The van der Waals surface area contributed by atoms with Gasteiger partial charge in [-0.1, -0.05) is 19.3 Å². The SMILES string of the molecule is CC(CC(N)=O)NC(C)C(=O)NC1CCCCC1. The van der Waals surface area contributed by atoms with Crippen LogP contribution in [0.1, 0.15) is 52.4 Å². The molecule has 104 valence electrons. The quantitative estimate of drug-likeness (QED) is 0.652. The standard InChI is InChI=1S/C13H25N3O2/c1-9(8-12(14)17)15-10(2)13(18)16-11-6-4-3-5-7-11/h9-11,15H,3-8H2,1-2H3,(H2,14,17)(H,16,18). The van der Waals surface area contributed by atoms with Crippen molar-refractivity contribution in [1.29, 1.82) is 0 Å². The van der Waals surface area contributed by atoms with Crippen LogP contribution in [-0.4, -0.2) is 29.9 Å². The predicted molar refractivity (Wildman–Crippen MR) is 70.9 cm³/mol. The van der Waals surface area contributed by atoms with Crippen molar-refractivity contribution >= 4 is 11.8 Å². The summed E-state index contributed by atoms with van der Waals surface area (Å²) in [4.78, 5) is 22.7. The van der Waals surface area contributed by atoms with Gasteiger partial charge < -0.3 is 16.4 Å². The molecule has 0 aromatic rings. The minimum absolute atomic E-state index is 0.0122. The van der Waals surface area contributed by atoms with Crippen LogP contribution in [0.3, 0.4) is 0 Å². The lowest BCUT2D eigenvalue weighted by atomic mass is 9.95. The molecular formula is C13H25N3O2. The molecule has 2 atom stereocenters. The van der Waals surface area contributed by atoms with Gasteiger partial charge in [0.2, 0.25) is 11.8 Å². The van der Waals surface area contributed by atoms with E-state index in [1.54, 1.807) is 0 Å². The Hall–Kier alpha value is -1.10. The molecule has 0 radical (unpaired) electrons. The second-order valence-corrected chi connectivity index (χ2v) is 5.30. The molecule has 1 rings (SSSR count). The van der Waals surface area contributed by atoms with E-state index in [0.717, 1.165) is 12.8 Å². The first-order valence-electron chi connectivity index (χ1n) is 6.83. The molecule has 1 fully saturated rings. The molecule has 0 heterocycles. The van der Waals surface area contributed by atoms with Crippen molar-refractivity contribution in [2.24, 2.45) is 5.73 Å². The van der Waals surface area contributed by atoms with Gasteiger partial charge in [-0.25, -0.2) is 0 Å². The molecule has 2 unspecified atom stereocenters. The molecule has 1 saturated carbocycles. The van der Waals surface area contributed by atoms with E-state index in [9.17, 15) is 9.59 Å². The lowest BCUT2D eigenvalue weighted by Gasteiger charge is -2.25. The number of amides is 2. The largest absolute Gasteiger partial charge is 0.370 e. The van der Waals surface area contributed by atoms with Crippen LogP contribution < -0.4 is 16.4 Å². The van der Waals surface area contributed by atoms with E-state index in [2.05, 4.69) is 10.6 Å². The maximum Gasteiger partial charge on any atom is 0.237 e. The molecule has 0 spiro atoms. The zero-order valence-corrected chi connectivity index (χ0v) is 11.4. The van der Waals surface area contributed by atoms with Gasteiger partial charge in [0.05, 0.1) is 6.04 Å². The van der Waals surface area contributed by atoms with Gasteiger partial charge in [0.25, 0.3) is 0 Å². The van der Waals surface area contributed by atoms with E-state index >= 15 is 0 Å². The van der Waals surface area contributed by atoms with Crippen molar-refractivity contribution in [2.75, 3.05) is 0 Å². The third-order valence-corrected chi connectivity index (χ3v) is 3.39. The second kappa shape index (κ2) is 7.36. The third-order valence-electron chi connectivity index (χ3n) is 3.39. The predicted octanol–water partition coefficient (Wildman–Crippen LogP) is 0.677. The van der Waals surface area contributed by atoms with Gasteiger partial charge in [0.1, 0.15) is 0 Å². The van der Waals surface area contributed by atoms with E-state index in [4.69, 9.17) is 5.73 Å². The summed E-state index contributed by atoms with van der Waals surface area (Å²) in [5, 5.41) is 6.15. The topological polar surface area (TPSA) is 84.2 Å². The van der Waals surface area contributed by atoms with E-state index in [0.29, 0.717) is 6.04 Å². The number of rotatable bonds is 6. The molecule has 0 aromatic carbocycles. The minimum atomic E-state index is -0.352. The van der Waals surface area contributed by atoms with E-state index in [1.807, 2.05) is 13.8 Å². The van der Waals surface area contributed by atoms with Gasteiger partial charge in [0, 0.05) is 18.5 Å². The fourth-order valence-corrected chi connectivity index (χ4v) is 2.44. The first-order valence-corrected chi connectivity index (χ1v) is 6.83. The van der Waals surface area contributed by atoms with Gasteiger partial charge in [-0.15, -0.1) is 0 Å². The molecule has 0 saturated heterocycles. The number of carbonyl (C=O) groups excluding carboxylic acids is 2. The summed E-state index contributed by atoms with van der Waals surface area (Å²) in [6, 6.07) is -0.0437. The van der Waals surface area contributed by atoms with Crippen LogP contribution in [-0.2, 0) is 9.59 Å². The Bertz CT molecular complexity index is 288. The van der Waals surface area contributed by atoms with Crippen molar-refractivity contribution in [1.82, 2.24) is 10.6 Å². The summed E-state index contributed by atoms with van der Waals surface area (Å²) in [5.74, 6) is -0.340. The fourth-order valence-electron chi connectivity index (χ4n) is 2.44. The lowest BCUT2D eigenvalue weighted by Crippen LogP contribution is -2.49. The molecule has 5 heteroatoms. The molecule has 4 N–H and O–H groups in total. The second-order valence-electron chi connectivity index (χ2n) is 5.30. The molecule has 0 aliphatic heterocycles. The number of nitrogens with one attached hydrogen (secondary N) is 2. The third kappa shape index (κ3) is 5.49. The van der Waals surface area contributed by atoms with Gasteiger partial charge in [-0.05, 0) is 26.7 Å². The highest BCUT2D eigenvalue weighted by Gasteiger charge is 2.20. The summed E-state index contributed by atoms with van der Waals surface area (Å²) in [6.45, 7) is 3.67. The van der Waals surface area contributed by atoms with Gasteiger partial charge in [0.15, 0.2) is 0 Å². The van der Waals surface area contributed by atoms with Crippen molar-refractivity contribution < 1.29 is 9.59 Å². The van der Waals surface area contributed by atoms with Crippen LogP contribution in [0.25, 0.3) is 0 Å². The highest BCUT2D eigenvalue weighted by molar-refractivity contribution is 5.81. The zero-order chi connectivity index (χ0) is 13.5. The Morgan fingerprint density at radius 1 is 1.22 bits per heavy atom. The molecule has 1 aliphatic carbocycles. The van der Waals surface area contributed by atoms with Gasteiger partial charge >= 0.3 is 0 Å². The van der Waals surface area contributed by atoms with Crippen LogP contribution >= 0.6 is 0 Å². The van der Waals surface area contributed by atoms with E-state index in [1.165, 1.54) is 19.3 Å². The zero-order valence-electron chi connectivity index (χ0n) is 11.4. The summed E-state index contributed by atoms with van der Waals surface area (Å²) >= 11 is 0. The summed E-state index contributed by atoms with van der Waals surface area (Å²) < 4.78 is 0. The first kappa shape index (κ1) is 15.0. The number of hydrogen-bond donors (Lipinski definition) is 3. The molecular weight excluding hydrogens is 230 g/mol. The summed E-state index contributed by atoms with van der Waals surface area (Å²) in [6.07, 6.45) is 6.08. The van der Waals surface area contributed by atoms with Crippen molar-refractivity contribution in [3.63, 3.8) is 0 Å². The molecule has 0 aromatic heterocycles. The maximum atomic E-state index is 11.9. The molecule has 18 heavy (non-hydrogen) atoms. The maximum absolute atomic E-state index is 11.9. The van der Waals surface area contributed by atoms with Gasteiger partial charge in [-0.2, -0.15) is 0 Å². The number of nitrogens with two attached hydrogens (primary N) is 1. The Balaban J connectivity index is 2.29. The Kier molecular flexibility index (Phi) is 6.12. The smallest absolute Gasteiger partial charge is 0.237 e. The van der Waals surface area contributed by atoms with E-state index in [-0.39, 0.29) is 30.3 Å². The van der Waals surface area contributed by atoms with Crippen LogP contribution in [0.15, 0.2) is 0 Å². The average molecular weight is 255 g/mol. The Labute approximate surface area is 109 Å². The monoisotopic (exact) mass is 255 g/mol. The summed E-state index contributed by atoms with van der Waals surface area (Å²) in [5.41, 5.74) is 5.12. The molecule has 2 amide bonds. The Morgan fingerprint density at radius 3 is 2.39 bits per heavy atom. The minimum Gasteiger partial charge on any atom is -0.370 e. The first-order chi connectivity index (χ1) is 8.49. The number of primary amides is 1. The molecule has 1 aliphatic rings. The van der Waals surface area contributed by atoms with Gasteiger partial charge in [-0.3, -0.25) is 9.59 Å². The van der Waals surface area contributed by atoms with Crippen LogP contribution in [0.5, 0.6) is 0 Å².